The number of anilines is 2. The molecule has 1 unspecified atom stereocenters. The first-order valence-electron chi connectivity index (χ1n) is 7.14. The third-order valence-electron chi connectivity index (χ3n) is 2.99. The number of amides is 1. The van der Waals surface area contributed by atoms with Gasteiger partial charge in [0.05, 0.1) is 5.69 Å². The molecule has 0 saturated heterocycles. The maximum atomic E-state index is 13.8. The second-order valence-corrected chi connectivity index (χ2v) is 6.50. The van der Waals surface area contributed by atoms with E-state index in [1.807, 2.05) is 6.92 Å². The lowest BCUT2D eigenvalue weighted by atomic mass is 10.1. The van der Waals surface area contributed by atoms with Crippen LogP contribution in [0.1, 0.15) is 41.5 Å². The molecule has 1 aromatic carbocycles. The molecule has 0 aliphatic rings. The highest BCUT2D eigenvalue weighted by Gasteiger charge is 2.17. The van der Waals surface area contributed by atoms with E-state index in [1.165, 1.54) is 12.1 Å². The molecule has 1 amide bonds. The molecule has 4 nitrogen and oxygen atoms in total. The number of hydrogen-bond donors (Lipinski definition) is 2. The van der Waals surface area contributed by atoms with Gasteiger partial charge in [-0.3, -0.25) is 5.32 Å². The van der Waals surface area contributed by atoms with E-state index in [0.29, 0.717) is 17.3 Å². The molecule has 0 bridgehead atoms. The second-order valence-electron chi connectivity index (χ2n) is 6.50. The fourth-order valence-corrected chi connectivity index (χ4v) is 1.55. The number of carbonyl (C=O) groups excluding carboxylic acids is 1. The van der Waals surface area contributed by atoms with Crippen molar-refractivity contribution in [3.8, 4) is 0 Å². The van der Waals surface area contributed by atoms with E-state index in [-0.39, 0.29) is 11.9 Å². The molecule has 0 spiro atoms. The lowest BCUT2D eigenvalue weighted by molar-refractivity contribution is 0.0636. The quantitative estimate of drug-likeness (QED) is 0.851. The van der Waals surface area contributed by atoms with Crippen LogP contribution in [-0.2, 0) is 4.74 Å². The van der Waals surface area contributed by atoms with Crippen molar-refractivity contribution in [1.29, 1.82) is 0 Å². The molecule has 1 aromatic rings. The molecule has 0 aliphatic heterocycles. The number of hydrogen-bond acceptors (Lipinski definition) is 3. The molecule has 5 heteroatoms. The maximum Gasteiger partial charge on any atom is 0.412 e. The zero-order chi connectivity index (χ0) is 16.2. The number of carbonyl (C=O) groups is 1. The standard InChI is InChI=1S/C16H25FN2O2/c1-10(2)11(3)18-14-9-12(7-8-13(14)17)19-15(20)21-16(4,5)6/h7-11,18H,1-6H3,(H,19,20). The molecule has 0 heterocycles. The van der Waals surface area contributed by atoms with Gasteiger partial charge in [-0.2, -0.15) is 0 Å². The van der Waals surface area contributed by atoms with Gasteiger partial charge in [-0.05, 0) is 51.8 Å². The Kier molecular flexibility index (Phi) is 5.58. The van der Waals surface area contributed by atoms with Crippen molar-refractivity contribution in [2.45, 2.75) is 53.2 Å². The van der Waals surface area contributed by atoms with Gasteiger partial charge in [0.15, 0.2) is 0 Å². The summed E-state index contributed by atoms with van der Waals surface area (Å²) < 4.78 is 19.0. The Morgan fingerprint density at radius 1 is 1.24 bits per heavy atom. The van der Waals surface area contributed by atoms with Crippen LogP contribution >= 0.6 is 0 Å². The van der Waals surface area contributed by atoms with Crippen LogP contribution in [0.5, 0.6) is 0 Å². The van der Waals surface area contributed by atoms with Crippen molar-refractivity contribution in [3.05, 3.63) is 24.0 Å². The highest BCUT2D eigenvalue weighted by atomic mass is 19.1. The van der Waals surface area contributed by atoms with Crippen LogP contribution in [0.3, 0.4) is 0 Å². The molecular formula is C16H25FN2O2. The average molecular weight is 296 g/mol. The first-order chi connectivity index (χ1) is 9.58. The van der Waals surface area contributed by atoms with Crippen LogP contribution in [0.4, 0.5) is 20.6 Å². The Labute approximate surface area is 126 Å². The Morgan fingerprint density at radius 2 is 1.86 bits per heavy atom. The monoisotopic (exact) mass is 296 g/mol. The summed E-state index contributed by atoms with van der Waals surface area (Å²) in [7, 11) is 0. The van der Waals surface area contributed by atoms with E-state index in [2.05, 4.69) is 24.5 Å². The highest BCUT2D eigenvalue weighted by Crippen LogP contribution is 2.22. The van der Waals surface area contributed by atoms with Gasteiger partial charge in [-0.15, -0.1) is 0 Å². The number of benzene rings is 1. The Bertz CT molecular complexity index is 496. The summed E-state index contributed by atoms with van der Waals surface area (Å²) in [5.74, 6) is 0.0177. The molecule has 118 valence electrons. The minimum atomic E-state index is -0.572. The van der Waals surface area contributed by atoms with E-state index in [0.717, 1.165) is 0 Å². The zero-order valence-corrected chi connectivity index (χ0v) is 13.6. The molecule has 1 atom stereocenters. The molecule has 0 aromatic heterocycles. The smallest absolute Gasteiger partial charge is 0.412 e. The summed E-state index contributed by atoms with van der Waals surface area (Å²) in [6.07, 6.45) is -0.558. The molecule has 1 rings (SSSR count). The third-order valence-corrected chi connectivity index (χ3v) is 2.99. The van der Waals surface area contributed by atoms with E-state index in [9.17, 15) is 9.18 Å². The molecule has 21 heavy (non-hydrogen) atoms. The lowest BCUT2D eigenvalue weighted by Gasteiger charge is -2.21. The summed E-state index contributed by atoms with van der Waals surface area (Å²) >= 11 is 0. The fourth-order valence-electron chi connectivity index (χ4n) is 1.55. The van der Waals surface area contributed by atoms with Crippen molar-refractivity contribution in [1.82, 2.24) is 0 Å². The van der Waals surface area contributed by atoms with Crippen molar-refractivity contribution in [3.63, 3.8) is 0 Å². The number of nitrogens with one attached hydrogen (secondary N) is 2. The zero-order valence-electron chi connectivity index (χ0n) is 13.6. The van der Waals surface area contributed by atoms with Crippen LogP contribution in [0.25, 0.3) is 0 Å². The van der Waals surface area contributed by atoms with Crippen LogP contribution in [-0.4, -0.2) is 17.7 Å². The molecule has 0 aliphatic carbocycles. The van der Waals surface area contributed by atoms with Crippen LogP contribution in [0.15, 0.2) is 18.2 Å². The predicted octanol–water partition coefficient (Wildman–Crippen LogP) is 4.63. The topological polar surface area (TPSA) is 50.4 Å². The maximum absolute atomic E-state index is 13.8. The van der Waals surface area contributed by atoms with Gasteiger partial charge in [0, 0.05) is 11.7 Å². The van der Waals surface area contributed by atoms with Gasteiger partial charge in [-0.25, -0.2) is 9.18 Å². The van der Waals surface area contributed by atoms with Gasteiger partial charge in [-0.1, -0.05) is 13.8 Å². The highest BCUT2D eigenvalue weighted by molar-refractivity contribution is 5.85. The first kappa shape index (κ1) is 17.3. The van der Waals surface area contributed by atoms with Crippen molar-refractivity contribution in [2.24, 2.45) is 5.92 Å². The van der Waals surface area contributed by atoms with Gasteiger partial charge < -0.3 is 10.1 Å². The lowest BCUT2D eigenvalue weighted by Crippen LogP contribution is -2.27. The predicted molar refractivity (Wildman–Crippen MR) is 84.2 cm³/mol. The minimum Gasteiger partial charge on any atom is -0.444 e. The van der Waals surface area contributed by atoms with Gasteiger partial charge in [0.1, 0.15) is 11.4 Å². The van der Waals surface area contributed by atoms with E-state index in [4.69, 9.17) is 4.74 Å². The Balaban J connectivity index is 2.79. The number of halogens is 1. The van der Waals surface area contributed by atoms with Crippen molar-refractivity contribution in [2.75, 3.05) is 10.6 Å². The fraction of sp³-hybridized carbons (Fsp3) is 0.562. The average Bonchev–Trinajstić information content (AvgIpc) is 2.30. The summed E-state index contributed by atoms with van der Waals surface area (Å²) in [5, 5.41) is 5.71. The molecule has 0 radical (unpaired) electrons. The molecule has 0 saturated carbocycles. The largest absolute Gasteiger partial charge is 0.444 e. The van der Waals surface area contributed by atoms with Crippen LogP contribution < -0.4 is 10.6 Å². The third kappa shape index (κ3) is 6.02. The SMILES string of the molecule is CC(C)C(C)Nc1cc(NC(=O)OC(C)(C)C)ccc1F. The summed E-state index contributed by atoms with van der Waals surface area (Å²) in [4.78, 5) is 11.7. The van der Waals surface area contributed by atoms with E-state index in [1.54, 1.807) is 26.8 Å². The van der Waals surface area contributed by atoms with Crippen LogP contribution in [0.2, 0.25) is 0 Å². The van der Waals surface area contributed by atoms with E-state index < -0.39 is 11.7 Å². The summed E-state index contributed by atoms with van der Waals surface area (Å²) in [5.41, 5.74) is 0.283. The number of ether oxygens (including phenoxy) is 1. The number of rotatable bonds is 4. The van der Waals surface area contributed by atoms with Crippen LogP contribution in [0, 0.1) is 11.7 Å². The molecule has 2 N–H and O–H groups in total. The molecule has 0 fully saturated rings. The summed E-state index contributed by atoms with van der Waals surface area (Å²) in [6.45, 7) is 11.5. The first-order valence-corrected chi connectivity index (χ1v) is 7.14. The Hall–Kier alpha value is -1.78. The van der Waals surface area contributed by atoms with E-state index >= 15 is 0 Å². The Morgan fingerprint density at radius 3 is 2.38 bits per heavy atom. The molecular weight excluding hydrogens is 271 g/mol. The normalized spacial score (nSPS) is 13.0. The second kappa shape index (κ2) is 6.78. The minimum absolute atomic E-state index is 0.122. The van der Waals surface area contributed by atoms with Crippen molar-refractivity contribution >= 4 is 17.5 Å². The van der Waals surface area contributed by atoms with Gasteiger partial charge >= 0.3 is 6.09 Å². The van der Waals surface area contributed by atoms with Gasteiger partial charge in [0.2, 0.25) is 0 Å². The summed E-state index contributed by atoms with van der Waals surface area (Å²) in [6, 6.07) is 4.52. The van der Waals surface area contributed by atoms with Crippen molar-refractivity contribution < 1.29 is 13.9 Å². The van der Waals surface area contributed by atoms with Gasteiger partial charge in [0.25, 0.3) is 0 Å².